The first-order valence-electron chi connectivity index (χ1n) is 9.04. The molecule has 0 saturated heterocycles. The number of hydrogen-bond acceptors (Lipinski definition) is 5. The molecule has 0 aromatic heterocycles. The van der Waals surface area contributed by atoms with Crippen LogP contribution in [0.5, 0.6) is 17.2 Å². The van der Waals surface area contributed by atoms with Gasteiger partial charge in [0.2, 0.25) is 6.10 Å². The summed E-state index contributed by atoms with van der Waals surface area (Å²) in [7, 11) is 1.54. The highest BCUT2D eigenvalue weighted by atomic mass is 16.6. The van der Waals surface area contributed by atoms with Crippen molar-refractivity contribution in [2.45, 2.75) is 25.6 Å². The van der Waals surface area contributed by atoms with Crippen molar-refractivity contribution in [1.29, 1.82) is 0 Å². The third-order valence-corrected chi connectivity index (χ3v) is 4.63. The van der Waals surface area contributed by atoms with Gasteiger partial charge in [-0.3, -0.25) is 9.59 Å². The van der Waals surface area contributed by atoms with Crippen LogP contribution in [-0.4, -0.2) is 42.8 Å². The summed E-state index contributed by atoms with van der Waals surface area (Å²) >= 11 is 0. The van der Waals surface area contributed by atoms with Crippen LogP contribution in [0, 0.1) is 5.92 Å². The maximum atomic E-state index is 12.6. The maximum Gasteiger partial charge on any atom is 0.308 e. The van der Waals surface area contributed by atoms with Crippen molar-refractivity contribution in [3.63, 3.8) is 0 Å². The van der Waals surface area contributed by atoms with Gasteiger partial charge in [0.1, 0.15) is 11.9 Å². The molecular weight excluding hydrogens is 362 g/mol. The Bertz CT molecular complexity index is 852. The number of para-hydroxylation sites is 3. The van der Waals surface area contributed by atoms with E-state index in [1.54, 1.807) is 31.2 Å². The average molecular weight is 385 g/mol. The van der Waals surface area contributed by atoms with E-state index in [9.17, 15) is 14.7 Å². The highest BCUT2D eigenvalue weighted by Crippen LogP contribution is 2.33. The fraction of sp³-hybridized carbons (Fsp3) is 0.333. The molecule has 1 amide bonds. The third kappa shape index (κ3) is 4.36. The molecule has 2 N–H and O–H groups in total. The van der Waals surface area contributed by atoms with Gasteiger partial charge in [-0.1, -0.05) is 30.3 Å². The van der Waals surface area contributed by atoms with E-state index in [1.807, 2.05) is 24.3 Å². The summed E-state index contributed by atoms with van der Waals surface area (Å²) in [6.07, 6.45) is -1.11. The van der Waals surface area contributed by atoms with E-state index in [2.05, 4.69) is 5.32 Å². The SMILES string of the molecule is COc1ccccc1CC(CNC(=O)C1Oc2ccccc2OC1C)C(=O)O. The van der Waals surface area contributed by atoms with E-state index in [1.165, 1.54) is 7.11 Å². The molecular formula is C21H23NO6. The average Bonchev–Trinajstić information content (AvgIpc) is 2.70. The van der Waals surface area contributed by atoms with Crippen molar-refractivity contribution in [1.82, 2.24) is 5.32 Å². The van der Waals surface area contributed by atoms with E-state index in [-0.39, 0.29) is 13.0 Å². The standard InChI is InChI=1S/C21H23NO6/c1-13-19(28-18-10-6-5-9-17(18)27-13)20(23)22-12-15(21(24)25)11-14-7-3-4-8-16(14)26-2/h3-10,13,15,19H,11-12H2,1-2H3,(H,22,23)(H,24,25). The molecule has 0 saturated carbocycles. The summed E-state index contributed by atoms with van der Waals surface area (Å²) in [5, 5.41) is 12.2. The second-order valence-electron chi connectivity index (χ2n) is 6.60. The molecule has 0 bridgehead atoms. The fourth-order valence-electron chi connectivity index (χ4n) is 3.11. The Morgan fingerprint density at radius 2 is 1.75 bits per heavy atom. The number of carboxylic acids is 1. The molecule has 2 aromatic rings. The van der Waals surface area contributed by atoms with E-state index >= 15 is 0 Å². The smallest absolute Gasteiger partial charge is 0.308 e. The lowest BCUT2D eigenvalue weighted by atomic mass is 9.98. The second-order valence-corrected chi connectivity index (χ2v) is 6.60. The topological polar surface area (TPSA) is 94.1 Å². The number of ether oxygens (including phenoxy) is 3. The van der Waals surface area contributed by atoms with Crippen molar-refractivity contribution in [3.8, 4) is 17.2 Å². The Kier molecular flexibility index (Phi) is 6.03. The van der Waals surface area contributed by atoms with Gasteiger partial charge in [-0.25, -0.2) is 0 Å². The zero-order chi connectivity index (χ0) is 20.1. The Labute approximate surface area is 163 Å². The maximum absolute atomic E-state index is 12.6. The van der Waals surface area contributed by atoms with Crippen LogP contribution in [0.25, 0.3) is 0 Å². The number of carbonyl (C=O) groups is 2. The number of rotatable bonds is 7. The van der Waals surface area contributed by atoms with Crippen molar-refractivity contribution in [2.75, 3.05) is 13.7 Å². The summed E-state index contributed by atoms with van der Waals surface area (Å²) < 4.78 is 16.8. The zero-order valence-corrected chi connectivity index (χ0v) is 15.8. The van der Waals surface area contributed by atoms with Gasteiger partial charge >= 0.3 is 5.97 Å². The second kappa shape index (κ2) is 8.65. The first-order valence-corrected chi connectivity index (χ1v) is 9.04. The van der Waals surface area contributed by atoms with Crippen LogP contribution in [0.2, 0.25) is 0 Å². The number of carboxylic acid groups (broad SMARTS) is 1. The van der Waals surface area contributed by atoms with Crippen LogP contribution in [0.3, 0.4) is 0 Å². The number of amides is 1. The fourth-order valence-corrected chi connectivity index (χ4v) is 3.11. The molecule has 148 valence electrons. The molecule has 3 atom stereocenters. The van der Waals surface area contributed by atoms with Crippen molar-refractivity contribution >= 4 is 11.9 Å². The highest BCUT2D eigenvalue weighted by Gasteiger charge is 2.34. The molecule has 3 unspecified atom stereocenters. The summed E-state index contributed by atoms with van der Waals surface area (Å²) in [5.74, 6) is -0.511. The molecule has 7 heteroatoms. The summed E-state index contributed by atoms with van der Waals surface area (Å²) in [4.78, 5) is 24.3. The van der Waals surface area contributed by atoms with Crippen LogP contribution in [0.15, 0.2) is 48.5 Å². The minimum atomic E-state index is -0.995. The van der Waals surface area contributed by atoms with Gasteiger partial charge < -0.3 is 24.6 Å². The molecule has 3 rings (SSSR count). The molecule has 7 nitrogen and oxygen atoms in total. The zero-order valence-electron chi connectivity index (χ0n) is 15.8. The molecule has 28 heavy (non-hydrogen) atoms. The van der Waals surface area contributed by atoms with Crippen LogP contribution < -0.4 is 19.5 Å². The summed E-state index contributed by atoms with van der Waals surface area (Å²) in [5.41, 5.74) is 0.770. The molecule has 1 aliphatic heterocycles. The van der Waals surface area contributed by atoms with Crippen LogP contribution >= 0.6 is 0 Å². The minimum absolute atomic E-state index is 0.0273. The van der Waals surface area contributed by atoms with Crippen molar-refractivity contribution in [2.24, 2.45) is 5.92 Å². The van der Waals surface area contributed by atoms with Gasteiger partial charge in [0.05, 0.1) is 13.0 Å². The number of methoxy groups -OCH3 is 1. The summed E-state index contributed by atoms with van der Waals surface area (Å²) in [6, 6.07) is 14.3. The van der Waals surface area contributed by atoms with E-state index in [4.69, 9.17) is 14.2 Å². The predicted molar refractivity (Wildman–Crippen MR) is 102 cm³/mol. The van der Waals surface area contributed by atoms with Gasteiger partial charge in [0.25, 0.3) is 5.91 Å². The van der Waals surface area contributed by atoms with Crippen LogP contribution in [0.4, 0.5) is 0 Å². The lowest BCUT2D eigenvalue weighted by Gasteiger charge is -2.31. The van der Waals surface area contributed by atoms with Crippen molar-refractivity contribution < 1.29 is 28.9 Å². The normalized spacial score (nSPS) is 18.8. The van der Waals surface area contributed by atoms with Crippen LogP contribution in [-0.2, 0) is 16.0 Å². The van der Waals surface area contributed by atoms with Gasteiger partial charge in [-0.15, -0.1) is 0 Å². The lowest BCUT2D eigenvalue weighted by molar-refractivity contribution is -0.142. The molecule has 1 aliphatic rings. The number of fused-ring (bicyclic) bond motifs is 1. The van der Waals surface area contributed by atoms with E-state index in [0.717, 1.165) is 5.56 Å². The van der Waals surface area contributed by atoms with E-state index < -0.39 is 30.0 Å². The Balaban J connectivity index is 1.64. The third-order valence-electron chi connectivity index (χ3n) is 4.63. The van der Waals surface area contributed by atoms with Crippen molar-refractivity contribution in [3.05, 3.63) is 54.1 Å². The first-order chi connectivity index (χ1) is 13.5. The molecule has 0 fully saturated rings. The van der Waals surface area contributed by atoms with Crippen LogP contribution in [0.1, 0.15) is 12.5 Å². The number of aliphatic carboxylic acids is 1. The lowest BCUT2D eigenvalue weighted by Crippen LogP contribution is -2.50. The molecule has 0 spiro atoms. The minimum Gasteiger partial charge on any atom is -0.496 e. The largest absolute Gasteiger partial charge is 0.496 e. The molecule has 0 radical (unpaired) electrons. The van der Waals surface area contributed by atoms with Gasteiger partial charge in [-0.2, -0.15) is 0 Å². The molecule has 0 aliphatic carbocycles. The number of benzene rings is 2. The number of carbonyl (C=O) groups excluding carboxylic acids is 1. The Hall–Kier alpha value is -3.22. The molecule has 2 aromatic carbocycles. The Morgan fingerprint density at radius 1 is 1.11 bits per heavy atom. The van der Waals surface area contributed by atoms with Gasteiger partial charge in [0.15, 0.2) is 11.5 Å². The predicted octanol–water partition coefficient (Wildman–Crippen LogP) is 2.28. The number of hydrogen-bond donors (Lipinski definition) is 2. The Morgan fingerprint density at radius 3 is 2.43 bits per heavy atom. The van der Waals surface area contributed by atoms with Gasteiger partial charge in [-0.05, 0) is 37.1 Å². The summed E-state index contributed by atoms with van der Waals surface area (Å²) in [6.45, 7) is 1.71. The monoisotopic (exact) mass is 385 g/mol. The quantitative estimate of drug-likeness (QED) is 0.759. The van der Waals surface area contributed by atoms with E-state index in [0.29, 0.717) is 17.2 Å². The van der Waals surface area contributed by atoms with Gasteiger partial charge in [0, 0.05) is 6.54 Å². The number of nitrogens with one attached hydrogen (secondary N) is 1. The highest BCUT2D eigenvalue weighted by molar-refractivity contribution is 5.83. The first kappa shape index (κ1) is 19.5. The molecule has 1 heterocycles.